The number of ether oxygens (including phenoxy) is 2. The molecule has 27 heavy (non-hydrogen) atoms. The number of carbonyl (C=O) groups is 1. The lowest BCUT2D eigenvalue weighted by atomic mass is 9.72. The third-order valence-corrected chi connectivity index (χ3v) is 6.90. The Hall–Kier alpha value is -1.85. The summed E-state index contributed by atoms with van der Waals surface area (Å²) in [5, 5.41) is 4.40. The highest BCUT2D eigenvalue weighted by Crippen LogP contribution is 2.39. The Morgan fingerprint density at radius 1 is 1.15 bits per heavy atom. The largest absolute Gasteiger partial charge is 0.497 e. The van der Waals surface area contributed by atoms with E-state index in [2.05, 4.69) is 33.9 Å². The van der Waals surface area contributed by atoms with Crippen molar-refractivity contribution in [3.8, 4) is 5.75 Å². The van der Waals surface area contributed by atoms with Gasteiger partial charge in [-0.3, -0.25) is 4.79 Å². The van der Waals surface area contributed by atoms with Gasteiger partial charge in [0.2, 0.25) is 5.91 Å². The van der Waals surface area contributed by atoms with Crippen LogP contribution in [-0.4, -0.2) is 44.2 Å². The van der Waals surface area contributed by atoms with Gasteiger partial charge in [-0.05, 0) is 71.7 Å². The molecule has 2 aliphatic heterocycles. The summed E-state index contributed by atoms with van der Waals surface area (Å²) in [4.78, 5) is 15.8. The second kappa shape index (κ2) is 8.03. The summed E-state index contributed by atoms with van der Waals surface area (Å²) in [5.41, 5.74) is 2.07. The average molecular weight is 386 g/mol. The molecule has 0 spiro atoms. The van der Waals surface area contributed by atoms with E-state index in [-0.39, 0.29) is 5.91 Å². The number of nitrogens with zero attached hydrogens (tertiary/aromatic N) is 1. The van der Waals surface area contributed by atoms with E-state index < -0.39 is 5.41 Å². The van der Waals surface area contributed by atoms with E-state index in [0.717, 1.165) is 50.1 Å². The maximum absolute atomic E-state index is 13.7. The van der Waals surface area contributed by atoms with Gasteiger partial charge >= 0.3 is 0 Å². The average Bonchev–Trinajstić information content (AvgIpc) is 3.29. The molecule has 1 amide bonds. The minimum atomic E-state index is -0.459. The lowest BCUT2D eigenvalue weighted by Gasteiger charge is -2.42. The van der Waals surface area contributed by atoms with Crippen LogP contribution in [0.2, 0.25) is 0 Å². The van der Waals surface area contributed by atoms with Crippen molar-refractivity contribution in [1.82, 2.24) is 4.90 Å². The van der Waals surface area contributed by atoms with E-state index in [0.29, 0.717) is 19.1 Å². The summed E-state index contributed by atoms with van der Waals surface area (Å²) in [6.45, 7) is 2.97. The predicted octanol–water partition coefficient (Wildman–Crippen LogP) is 4.21. The van der Waals surface area contributed by atoms with Gasteiger partial charge in [0.1, 0.15) is 5.75 Å². The van der Waals surface area contributed by atoms with Crippen molar-refractivity contribution < 1.29 is 14.3 Å². The van der Waals surface area contributed by atoms with Crippen LogP contribution in [0.4, 0.5) is 0 Å². The van der Waals surface area contributed by atoms with E-state index in [1.54, 1.807) is 18.4 Å². The van der Waals surface area contributed by atoms with Crippen LogP contribution >= 0.6 is 11.3 Å². The van der Waals surface area contributed by atoms with E-state index in [1.165, 1.54) is 5.56 Å². The van der Waals surface area contributed by atoms with Crippen molar-refractivity contribution in [2.45, 2.75) is 37.0 Å². The first-order chi connectivity index (χ1) is 13.2. The lowest BCUT2D eigenvalue weighted by molar-refractivity contribution is -0.142. The molecule has 5 heteroatoms. The summed E-state index contributed by atoms with van der Waals surface area (Å²) < 4.78 is 10.9. The van der Waals surface area contributed by atoms with Gasteiger partial charge in [0, 0.05) is 26.3 Å². The van der Waals surface area contributed by atoms with Crippen LogP contribution in [-0.2, 0) is 14.9 Å². The van der Waals surface area contributed by atoms with Crippen LogP contribution in [0.15, 0.2) is 41.1 Å². The number of amides is 1. The van der Waals surface area contributed by atoms with Crippen LogP contribution in [0.1, 0.15) is 42.7 Å². The maximum Gasteiger partial charge on any atom is 0.233 e. The minimum Gasteiger partial charge on any atom is -0.497 e. The van der Waals surface area contributed by atoms with Gasteiger partial charge in [-0.1, -0.05) is 12.1 Å². The smallest absolute Gasteiger partial charge is 0.233 e. The fourth-order valence-electron chi connectivity index (χ4n) is 4.48. The fraction of sp³-hybridized carbons (Fsp3) is 0.500. The Morgan fingerprint density at radius 2 is 1.85 bits per heavy atom. The third kappa shape index (κ3) is 3.63. The molecule has 3 heterocycles. The highest BCUT2D eigenvalue weighted by molar-refractivity contribution is 7.07. The molecular weight excluding hydrogens is 358 g/mol. The molecule has 0 unspecified atom stereocenters. The Morgan fingerprint density at radius 3 is 2.44 bits per heavy atom. The summed E-state index contributed by atoms with van der Waals surface area (Å²) in [5.74, 6) is 1.69. The molecule has 1 aromatic carbocycles. The number of likely N-dealkylation sites (tertiary alicyclic amines) is 1. The Kier molecular flexibility index (Phi) is 5.50. The number of piperidine rings is 1. The van der Waals surface area contributed by atoms with Crippen molar-refractivity contribution in [2.24, 2.45) is 0 Å². The molecule has 4 nitrogen and oxygen atoms in total. The number of hydrogen-bond donors (Lipinski definition) is 0. The van der Waals surface area contributed by atoms with Crippen LogP contribution in [0.5, 0.6) is 5.75 Å². The molecule has 0 radical (unpaired) electrons. The van der Waals surface area contributed by atoms with E-state index in [1.807, 2.05) is 12.1 Å². The molecule has 0 aliphatic carbocycles. The Balaban J connectivity index is 1.53. The second-order valence-corrected chi connectivity index (χ2v) is 8.33. The topological polar surface area (TPSA) is 38.8 Å². The van der Waals surface area contributed by atoms with Gasteiger partial charge in [-0.2, -0.15) is 11.3 Å². The molecule has 0 bridgehead atoms. The fourth-order valence-corrected chi connectivity index (χ4v) is 5.22. The maximum atomic E-state index is 13.7. The molecule has 144 valence electrons. The van der Waals surface area contributed by atoms with E-state index in [4.69, 9.17) is 9.47 Å². The molecule has 0 N–H and O–H groups in total. The van der Waals surface area contributed by atoms with Crippen molar-refractivity contribution in [2.75, 3.05) is 33.4 Å². The van der Waals surface area contributed by atoms with Crippen molar-refractivity contribution in [3.63, 3.8) is 0 Å². The summed E-state index contributed by atoms with van der Waals surface area (Å²) in [7, 11) is 1.67. The number of benzene rings is 1. The number of thiophene rings is 1. The number of carbonyl (C=O) groups excluding carboxylic acids is 1. The zero-order valence-electron chi connectivity index (χ0n) is 15.9. The molecule has 2 fully saturated rings. The van der Waals surface area contributed by atoms with Gasteiger partial charge in [-0.15, -0.1) is 0 Å². The summed E-state index contributed by atoms with van der Waals surface area (Å²) in [6.07, 6.45) is 3.61. The standard InChI is InChI=1S/C22H27NO3S/c1-25-20-4-2-19(3-5-20)22(9-13-26-14-10-22)21(24)23-11-6-17(7-12-23)18-8-15-27-16-18/h2-5,8,15-17H,6-7,9-14H2,1H3. The zero-order valence-corrected chi connectivity index (χ0v) is 16.7. The first-order valence-corrected chi connectivity index (χ1v) is 10.7. The van der Waals surface area contributed by atoms with E-state index >= 15 is 0 Å². The summed E-state index contributed by atoms with van der Waals surface area (Å²) in [6, 6.07) is 10.3. The minimum absolute atomic E-state index is 0.278. The van der Waals surface area contributed by atoms with Gasteiger partial charge in [0.05, 0.1) is 12.5 Å². The van der Waals surface area contributed by atoms with Gasteiger partial charge in [0.15, 0.2) is 0 Å². The molecular formula is C22H27NO3S. The Labute approximate surface area is 165 Å². The molecule has 2 saturated heterocycles. The SMILES string of the molecule is COc1ccc(C2(C(=O)N3CCC(c4ccsc4)CC3)CCOCC2)cc1. The summed E-state index contributed by atoms with van der Waals surface area (Å²) >= 11 is 1.76. The molecule has 4 rings (SSSR count). The van der Waals surface area contributed by atoms with Gasteiger partial charge in [0.25, 0.3) is 0 Å². The van der Waals surface area contributed by atoms with Crippen LogP contribution in [0.3, 0.4) is 0 Å². The van der Waals surface area contributed by atoms with Crippen LogP contribution < -0.4 is 4.74 Å². The van der Waals surface area contributed by atoms with Crippen molar-refractivity contribution in [1.29, 1.82) is 0 Å². The number of methoxy groups -OCH3 is 1. The zero-order chi connectivity index (χ0) is 18.7. The van der Waals surface area contributed by atoms with Crippen LogP contribution in [0, 0.1) is 0 Å². The molecule has 0 atom stereocenters. The quantitative estimate of drug-likeness (QED) is 0.791. The van der Waals surface area contributed by atoms with Crippen molar-refractivity contribution in [3.05, 3.63) is 52.2 Å². The first kappa shape index (κ1) is 18.5. The molecule has 1 aromatic heterocycles. The monoisotopic (exact) mass is 385 g/mol. The molecule has 2 aliphatic rings. The van der Waals surface area contributed by atoms with Gasteiger partial charge < -0.3 is 14.4 Å². The van der Waals surface area contributed by atoms with Gasteiger partial charge in [-0.25, -0.2) is 0 Å². The lowest BCUT2D eigenvalue weighted by Crippen LogP contribution is -2.51. The second-order valence-electron chi connectivity index (χ2n) is 7.55. The normalized spacial score (nSPS) is 20.4. The Bertz CT molecular complexity index is 742. The third-order valence-electron chi connectivity index (χ3n) is 6.20. The van der Waals surface area contributed by atoms with Crippen LogP contribution in [0.25, 0.3) is 0 Å². The predicted molar refractivity (Wildman–Crippen MR) is 108 cm³/mol. The van der Waals surface area contributed by atoms with Crippen molar-refractivity contribution >= 4 is 17.2 Å². The molecule has 2 aromatic rings. The highest BCUT2D eigenvalue weighted by atomic mass is 32.1. The number of hydrogen-bond acceptors (Lipinski definition) is 4. The first-order valence-electron chi connectivity index (χ1n) is 9.77. The highest BCUT2D eigenvalue weighted by Gasteiger charge is 2.44. The van der Waals surface area contributed by atoms with E-state index in [9.17, 15) is 4.79 Å². The number of rotatable bonds is 4. The molecule has 0 saturated carbocycles.